The molecule has 0 aromatic carbocycles. The second-order valence-corrected chi connectivity index (χ2v) is 8.31. The summed E-state index contributed by atoms with van der Waals surface area (Å²) in [5.74, 6) is 0.603. The number of sulfonamides is 1. The van der Waals surface area contributed by atoms with Gasteiger partial charge in [0.2, 0.25) is 0 Å². The van der Waals surface area contributed by atoms with E-state index in [-0.39, 0.29) is 0 Å². The number of piperidine rings is 1. The molecule has 19 heavy (non-hydrogen) atoms. The van der Waals surface area contributed by atoms with Gasteiger partial charge in [-0.1, -0.05) is 6.92 Å². The first-order chi connectivity index (χ1) is 9.07. The van der Waals surface area contributed by atoms with Crippen molar-refractivity contribution in [3.8, 4) is 0 Å². The zero-order valence-electron chi connectivity index (χ0n) is 11.6. The SMILES string of the molecule is CCc1ccc(S(=O)(=O)N2CCC(CNC)CC2)s1. The lowest BCUT2D eigenvalue weighted by atomic mass is 9.98. The Morgan fingerprint density at radius 2 is 2.05 bits per heavy atom. The van der Waals surface area contributed by atoms with E-state index in [9.17, 15) is 8.42 Å². The molecule has 6 heteroatoms. The summed E-state index contributed by atoms with van der Waals surface area (Å²) >= 11 is 1.40. The van der Waals surface area contributed by atoms with Crippen LogP contribution in [0.3, 0.4) is 0 Å². The highest BCUT2D eigenvalue weighted by Gasteiger charge is 2.30. The number of hydrogen-bond acceptors (Lipinski definition) is 4. The molecule has 0 saturated carbocycles. The molecule has 1 aromatic heterocycles. The van der Waals surface area contributed by atoms with E-state index in [4.69, 9.17) is 0 Å². The van der Waals surface area contributed by atoms with Gasteiger partial charge in [-0.05, 0) is 50.9 Å². The Labute approximate surface area is 119 Å². The minimum absolute atomic E-state index is 0.497. The molecule has 1 N–H and O–H groups in total. The normalized spacial score (nSPS) is 18.8. The van der Waals surface area contributed by atoms with Gasteiger partial charge in [-0.3, -0.25) is 0 Å². The first kappa shape index (κ1) is 15.0. The van der Waals surface area contributed by atoms with E-state index in [1.54, 1.807) is 10.4 Å². The fraction of sp³-hybridized carbons (Fsp3) is 0.692. The van der Waals surface area contributed by atoms with Crippen molar-refractivity contribution in [1.82, 2.24) is 9.62 Å². The molecular formula is C13H22N2O2S2. The minimum Gasteiger partial charge on any atom is -0.319 e. The molecule has 1 aromatic rings. The predicted molar refractivity (Wildman–Crippen MR) is 79.1 cm³/mol. The third-order valence-corrected chi connectivity index (χ3v) is 7.24. The largest absolute Gasteiger partial charge is 0.319 e. The minimum atomic E-state index is -3.26. The monoisotopic (exact) mass is 302 g/mol. The zero-order chi connectivity index (χ0) is 13.9. The Morgan fingerprint density at radius 3 is 2.58 bits per heavy atom. The van der Waals surface area contributed by atoms with Gasteiger partial charge in [-0.2, -0.15) is 4.31 Å². The van der Waals surface area contributed by atoms with E-state index in [1.807, 2.05) is 20.0 Å². The molecule has 4 nitrogen and oxygen atoms in total. The van der Waals surface area contributed by atoms with Gasteiger partial charge in [0.15, 0.2) is 0 Å². The molecule has 0 radical (unpaired) electrons. The fourth-order valence-corrected chi connectivity index (χ4v) is 5.38. The maximum absolute atomic E-state index is 12.5. The highest BCUT2D eigenvalue weighted by Crippen LogP contribution is 2.28. The second-order valence-electron chi connectivity index (χ2n) is 4.98. The van der Waals surface area contributed by atoms with Gasteiger partial charge < -0.3 is 5.32 Å². The maximum atomic E-state index is 12.5. The lowest BCUT2D eigenvalue weighted by Gasteiger charge is -2.30. The number of hydrogen-bond donors (Lipinski definition) is 1. The molecule has 0 atom stereocenters. The Kier molecular flexibility index (Phi) is 5.00. The summed E-state index contributed by atoms with van der Waals surface area (Å²) in [6, 6.07) is 3.67. The Hall–Kier alpha value is -0.430. The lowest BCUT2D eigenvalue weighted by molar-refractivity contribution is 0.271. The zero-order valence-corrected chi connectivity index (χ0v) is 13.2. The Bertz CT molecular complexity index is 502. The van der Waals surface area contributed by atoms with Gasteiger partial charge in [0.1, 0.15) is 4.21 Å². The fourth-order valence-electron chi connectivity index (χ4n) is 2.46. The van der Waals surface area contributed by atoms with E-state index < -0.39 is 10.0 Å². The van der Waals surface area contributed by atoms with Crippen molar-refractivity contribution in [3.05, 3.63) is 17.0 Å². The Balaban J connectivity index is 2.05. The third kappa shape index (κ3) is 3.37. The predicted octanol–water partition coefficient (Wildman–Crippen LogP) is 1.93. The number of thiophene rings is 1. The number of nitrogens with one attached hydrogen (secondary N) is 1. The van der Waals surface area contributed by atoms with Crippen molar-refractivity contribution in [2.24, 2.45) is 5.92 Å². The molecule has 1 saturated heterocycles. The third-order valence-electron chi connectivity index (χ3n) is 3.65. The van der Waals surface area contributed by atoms with Crippen LogP contribution < -0.4 is 5.32 Å². The summed E-state index contributed by atoms with van der Waals surface area (Å²) < 4.78 is 27.1. The summed E-state index contributed by atoms with van der Waals surface area (Å²) in [4.78, 5) is 1.13. The maximum Gasteiger partial charge on any atom is 0.252 e. The standard InChI is InChI=1S/C13H22N2O2S2/c1-3-12-4-5-13(18-12)19(16,17)15-8-6-11(7-9-15)10-14-2/h4-5,11,14H,3,6-10H2,1-2H3. The second kappa shape index (κ2) is 6.35. The van der Waals surface area contributed by atoms with Gasteiger partial charge in [0.05, 0.1) is 0 Å². The van der Waals surface area contributed by atoms with Crippen LogP contribution in [0, 0.1) is 5.92 Å². The molecule has 0 unspecified atom stereocenters. The van der Waals surface area contributed by atoms with Gasteiger partial charge >= 0.3 is 0 Å². The average Bonchev–Trinajstić information content (AvgIpc) is 2.89. The van der Waals surface area contributed by atoms with Gasteiger partial charge in [-0.15, -0.1) is 11.3 Å². The van der Waals surface area contributed by atoms with E-state index in [0.29, 0.717) is 23.2 Å². The van der Waals surface area contributed by atoms with Crippen molar-refractivity contribution in [2.45, 2.75) is 30.4 Å². The van der Waals surface area contributed by atoms with Crippen molar-refractivity contribution < 1.29 is 8.42 Å². The van der Waals surface area contributed by atoms with Crippen molar-refractivity contribution in [1.29, 1.82) is 0 Å². The van der Waals surface area contributed by atoms with Crippen LogP contribution in [-0.4, -0.2) is 39.4 Å². The molecule has 1 aliphatic heterocycles. The molecule has 2 heterocycles. The summed E-state index contributed by atoms with van der Waals surface area (Å²) in [7, 11) is -1.31. The van der Waals surface area contributed by atoms with Crippen LogP contribution in [0.1, 0.15) is 24.6 Å². The van der Waals surface area contributed by atoms with E-state index >= 15 is 0 Å². The summed E-state index contributed by atoms with van der Waals surface area (Å²) in [5, 5.41) is 3.17. The van der Waals surface area contributed by atoms with Crippen molar-refractivity contribution >= 4 is 21.4 Å². The topological polar surface area (TPSA) is 49.4 Å². The molecular weight excluding hydrogens is 280 g/mol. The summed E-state index contributed by atoms with van der Waals surface area (Å²) in [6.45, 7) is 4.32. The van der Waals surface area contributed by atoms with Crippen LogP contribution >= 0.6 is 11.3 Å². The van der Waals surface area contributed by atoms with Crippen LogP contribution in [0.4, 0.5) is 0 Å². The molecule has 108 valence electrons. The van der Waals surface area contributed by atoms with E-state index in [1.165, 1.54) is 11.3 Å². The smallest absolute Gasteiger partial charge is 0.252 e. The molecule has 0 spiro atoms. The Morgan fingerprint density at radius 1 is 1.37 bits per heavy atom. The quantitative estimate of drug-likeness (QED) is 0.904. The molecule has 0 aliphatic carbocycles. The molecule has 0 bridgehead atoms. The van der Waals surface area contributed by atoms with Crippen LogP contribution in [0.2, 0.25) is 0 Å². The van der Waals surface area contributed by atoms with E-state index in [0.717, 1.165) is 30.7 Å². The van der Waals surface area contributed by atoms with Crippen LogP contribution in [0.25, 0.3) is 0 Å². The van der Waals surface area contributed by atoms with Crippen molar-refractivity contribution in [3.63, 3.8) is 0 Å². The molecule has 1 fully saturated rings. The van der Waals surface area contributed by atoms with Crippen LogP contribution in [-0.2, 0) is 16.4 Å². The highest BCUT2D eigenvalue weighted by molar-refractivity contribution is 7.91. The van der Waals surface area contributed by atoms with Crippen LogP contribution in [0.5, 0.6) is 0 Å². The number of nitrogens with zero attached hydrogens (tertiary/aromatic N) is 1. The van der Waals surface area contributed by atoms with Crippen LogP contribution in [0.15, 0.2) is 16.3 Å². The highest BCUT2D eigenvalue weighted by atomic mass is 32.2. The van der Waals surface area contributed by atoms with Crippen molar-refractivity contribution in [2.75, 3.05) is 26.7 Å². The molecule has 0 amide bonds. The first-order valence-electron chi connectivity index (χ1n) is 6.81. The number of rotatable bonds is 5. The first-order valence-corrected chi connectivity index (χ1v) is 9.07. The molecule has 2 rings (SSSR count). The lowest BCUT2D eigenvalue weighted by Crippen LogP contribution is -2.40. The number of aryl methyl sites for hydroxylation is 1. The average molecular weight is 302 g/mol. The summed E-state index contributed by atoms with van der Waals surface area (Å²) in [6.07, 6.45) is 2.79. The molecule has 1 aliphatic rings. The van der Waals surface area contributed by atoms with E-state index in [2.05, 4.69) is 5.32 Å². The van der Waals surface area contributed by atoms with Gasteiger partial charge in [-0.25, -0.2) is 8.42 Å². The van der Waals surface area contributed by atoms with Gasteiger partial charge in [0.25, 0.3) is 10.0 Å². The summed E-state index contributed by atoms with van der Waals surface area (Å²) in [5.41, 5.74) is 0. The van der Waals surface area contributed by atoms with Gasteiger partial charge in [0, 0.05) is 18.0 Å².